The molecule has 102 valence electrons. The van der Waals surface area contributed by atoms with Crippen molar-refractivity contribution in [1.82, 2.24) is 0 Å². The first-order valence-corrected chi connectivity index (χ1v) is 7.67. The Labute approximate surface area is 123 Å². The molecule has 3 heteroatoms. The molecule has 0 bridgehead atoms. The van der Waals surface area contributed by atoms with Crippen LogP contribution >= 0.6 is 11.8 Å². The third kappa shape index (κ3) is 2.02. The molecule has 1 amide bonds. The Hall–Kier alpha value is -1.74. The van der Waals surface area contributed by atoms with Crippen LogP contribution in [0.5, 0.6) is 0 Å². The summed E-state index contributed by atoms with van der Waals surface area (Å²) in [5.74, 6) is 0.944. The van der Waals surface area contributed by atoms with Crippen LogP contribution < -0.4 is 4.90 Å². The van der Waals surface area contributed by atoms with Crippen LogP contribution in [-0.2, 0) is 10.2 Å². The van der Waals surface area contributed by atoms with E-state index in [0.29, 0.717) is 0 Å². The number of fused-ring (bicyclic) bond motifs is 1. The summed E-state index contributed by atoms with van der Waals surface area (Å²) in [4.78, 5) is 15.6. The van der Waals surface area contributed by atoms with Crippen LogP contribution in [-0.4, -0.2) is 18.7 Å². The van der Waals surface area contributed by atoms with Crippen molar-refractivity contribution >= 4 is 23.4 Å². The van der Waals surface area contributed by atoms with Gasteiger partial charge in [0.2, 0.25) is 5.91 Å². The van der Waals surface area contributed by atoms with Gasteiger partial charge in [-0.25, -0.2) is 0 Å². The maximum absolute atomic E-state index is 12.6. The number of benzene rings is 2. The molecule has 3 rings (SSSR count). The van der Waals surface area contributed by atoms with Crippen molar-refractivity contribution in [2.75, 3.05) is 17.7 Å². The van der Waals surface area contributed by atoms with Gasteiger partial charge >= 0.3 is 0 Å². The van der Waals surface area contributed by atoms with Crippen molar-refractivity contribution < 1.29 is 4.79 Å². The minimum absolute atomic E-state index is 0.183. The van der Waals surface area contributed by atoms with Gasteiger partial charge in [-0.2, -0.15) is 0 Å². The Morgan fingerprint density at radius 2 is 1.70 bits per heavy atom. The molecule has 0 unspecified atom stereocenters. The summed E-state index contributed by atoms with van der Waals surface area (Å²) in [6.45, 7) is 2.05. The Morgan fingerprint density at radius 3 is 2.45 bits per heavy atom. The number of rotatable bonds is 3. The van der Waals surface area contributed by atoms with Crippen LogP contribution in [0.3, 0.4) is 0 Å². The Balaban J connectivity index is 1.90. The number of hydrogen-bond acceptors (Lipinski definition) is 2. The first-order valence-electron chi connectivity index (χ1n) is 6.68. The monoisotopic (exact) mass is 283 g/mol. The zero-order valence-corrected chi connectivity index (χ0v) is 12.5. The van der Waals surface area contributed by atoms with Gasteiger partial charge in [0.05, 0.1) is 5.41 Å². The van der Waals surface area contributed by atoms with Gasteiger partial charge in [0.15, 0.2) is 0 Å². The summed E-state index contributed by atoms with van der Waals surface area (Å²) >= 11 is 1.74. The largest absolute Gasteiger partial charge is 0.314 e. The zero-order chi connectivity index (χ0) is 14.2. The summed E-state index contributed by atoms with van der Waals surface area (Å²) in [5, 5.41) is 0. The smallest absolute Gasteiger partial charge is 0.238 e. The number of anilines is 1. The van der Waals surface area contributed by atoms with Gasteiger partial charge in [0.1, 0.15) is 0 Å². The highest BCUT2D eigenvalue weighted by Crippen LogP contribution is 2.43. The topological polar surface area (TPSA) is 20.3 Å². The molecule has 2 nitrogen and oxygen atoms in total. The molecule has 1 aliphatic rings. The first kappa shape index (κ1) is 13.3. The second-order valence-electron chi connectivity index (χ2n) is 5.32. The summed E-state index contributed by atoms with van der Waals surface area (Å²) in [6, 6.07) is 18.3. The van der Waals surface area contributed by atoms with Gasteiger partial charge in [0, 0.05) is 23.4 Å². The van der Waals surface area contributed by atoms with Crippen molar-refractivity contribution in [1.29, 1.82) is 0 Å². The SMILES string of the molecule is CN1C(=O)[C@@](C)(CSc2ccccc2)c2ccccc21. The lowest BCUT2D eigenvalue weighted by Gasteiger charge is -2.22. The van der Waals surface area contributed by atoms with E-state index in [1.54, 1.807) is 16.7 Å². The Morgan fingerprint density at radius 1 is 1.05 bits per heavy atom. The highest BCUT2D eigenvalue weighted by atomic mass is 32.2. The van der Waals surface area contributed by atoms with Crippen LogP contribution in [0, 0.1) is 0 Å². The first-order chi connectivity index (χ1) is 9.63. The molecule has 0 saturated carbocycles. The molecular weight excluding hydrogens is 266 g/mol. The lowest BCUT2D eigenvalue weighted by molar-refractivity contribution is -0.121. The number of amides is 1. The summed E-state index contributed by atoms with van der Waals surface area (Å²) in [5.41, 5.74) is 1.73. The predicted octanol–water partition coefficient (Wildman–Crippen LogP) is 3.71. The summed E-state index contributed by atoms with van der Waals surface area (Å²) < 4.78 is 0. The van der Waals surface area contributed by atoms with E-state index in [9.17, 15) is 4.79 Å². The lowest BCUT2D eigenvalue weighted by atomic mass is 9.86. The number of para-hydroxylation sites is 1. The third-order valence-corrected chi connectivity index (χ3v) is 5.23. The summed E-state index contributed by atoms with van der Waals surface area (Å²) in [7, 11) is 1.86. The van der Waals surface area contributed by atoms with Gasteiger partial charge in [0.25, 0.3) is 0 Å². The van der Waals surface area contributed by atoms with Crippen LogP contribution in [0.15, 0.2) is 59.5 Å². The lowest BCUT2D eigenvalue weighted by Crippen LogP contribution is -2.38. The molecule has 1 heterocycles. The van der Waals surface area contributed by atoms with Crippen molar-refractivity contribution in [2.45, 2.75) is 17.2 Å². The second kappa shape index (κ2) is 4.98. The van der Waals surface area contributed by atoms with Gasteiger partial charge < -0.3 is 4.90 Å². The molecule has 0 spiro atoms. The van der Waals surface area contributed by atoms with Gasteiger partial charge in [-0.3, -0.25) is 4.79 Å². The van der Waals surface area contributed by atoms with E-state index in [-0.39, 0.29) is 5.91 Å². The van der Waals surface area contributed by atoms with Gasteiger partial charge in [-0.05, 0) is 30.7 Å². The molecule has 0 N–H and O–H groups in total. The molecule has 2 aromatic carbocycles. The molecule has 0 fully saturated rings. The fourth-order valence-electron chi connectivity index (χ4n) is 2.71. The fourth-order valence-corrected chi connectivity index (χ4v) is 3.80. The summed E-state index contributed by atoms with van der Waals surface area (Å²) in [6.07, 6.45) is 0. The number of hydrogen-bond donors (Lipinski definition) is 0. The Kier molecular flexibility index (Phi) is 3.30. The molecule has 1 atom stereocenters. The van der Waals surface area contributed by atoms with Crippen molar-refractivity contribution in [3.8, 4) is 0 Å². The molecule has 20 heavy (non-hydrogen) atoms. The van der Waals surface area contributed by atoms with Crippen LogP contribution in [0.1, 0.15) is 12.5 Å². The molecule has 0 aliphatic carbocycles. The highest BCUT2D eigenvalue weighted by Gasteiger charge is 2.45. The number of thioether (sulfide) groups is 1. The van der Waals surface area contributed by atoms with E-state index in [1.807, 2.05) is 50.4 Å². The van der Waals surface area contributed by atoms with Crippen molar-refractivity contribution in [3.63, 3.8) is 0 Å². The zero-order valence-electron chi connectivity index (χ0n) is 11.7. The molecule has 2 aromatic rings. The average Bonchev–Trinajstić information content (AvgIpc) is 2.69. The fraction of sp³-hybridized carbons (Fsp3) is 0.235. The van der Waals surface area contributed by atoms with Crippen LogP contribution in [0.4, 0.5) is 5.69 Å². The van der Waals surface area contributed by atoms with Crippen LogP contribution in [0.25, 0.3) is 0 Å². The second-order valence-corrected chi connectivity index (χ2v) is 6.36. The normalized spacial score (nSPS) is 21.1. The quantitative estimate of drug-likeness (QED) is 0.800. The molecule has 0 saturated heterocycles. The molecule has 0 aromatic heterocycles. The maximum Gasteiger partial charge on any atom is 0.238 e. The molecule has 0 radical (unpaired) electrons. The van der Waals surface area contributed by atoms with Crippen molar-refractivity contribution in [3.05, 3.63) is 60.2 Å². The van der Waals surface area contributed by atoms with E-state index in [4.69, 9.17) is 0 Å². The Bertz CT molecular complexity index is 640. The van der Waals surface area contributed by atoms with E-state index >= 15 is 0 Å². The van der Waals surface area contributed by atoms with Crippen LogP contribution in [0.2, 0.25) is 0 Å². The van der Waals surface area contributed by atoms with Gasteiger partial charge in [-0.15, -0.1) is 11.8 Å². The molecular formula is C17H17NOS. The molecule has 1 aliphatic heterocycles. The number of likely N-dealkylation sites (N-methyl/N-ethyl adjacent to an activating group) is 1. The predicted molar refractivity (Wildman–Crippen MR) is 84.4 cm³/mol. The van der Waals surface area contributed by atoms with E-state index < -0.39 is 5.41 Å². The number of carbonyl (C=O) groups is 1. The average molecular weight is 283 g/mol. The number of carbonyl (C=O) groups excluding carboxylic acids is 1. The van der Waals surface area contributed by atoms with E-state index in [0.717, 1.165) is 17.0 Å². The third-order valence-electron chi connectivity index (χ3n) is 3.91. The minimum Gasteiger partial charge on any atom is -0.314 e. The maximum atomic E-state index is 12.6. The minimum atomic E-state index is -0.439. The van der Waals surface area contributed by atoms with E-state index in [1.165, 1.54) is 4.90 Å². The number of nitrogens with zero attached hydrogens (tertiary/aromatic N) is 1. The highest BCUT2D eigenvalue weighted by molar-refractivity contribution is 7.99. The standard InChI is InChI=1S/C17H17NOS/c1-17(12-20-13-8-4-3-5-9-13)14-10-6-7-11-15(14)18(2)16(17)19/h3-11H,12H2,1-2H3/t17-/m0/s1. The van der Waals surface area contributed by atoms with Crippen molar-refractivity contribution in [2.24, 2.45) is 0 Å². The van der Waals surface area contributed by atoms with Gasteiger partial charge in [-0.1, -0.05) is 36.4 Å². The van der Waals surface area contributed by atoms with E-state index in [2.05, 4.69) is 18.2 Å².